The number of halogens is 1. The molecular formula is C13H20FN3O2S. The Morgan fingerprint density at radius 1 is 1.45 bits per heavy atom. The van der Waals surface area contributed by atoms with Gasteiger partial charge in [-0.05, 0) is 24.1 Å². The Bertz CT molecular complexity index is 573. The average molecular weight is 301 g/mol. The molecule has 1 aromatic rings. The van der Waals surface area contributed by atoms with Gasteiger partial charge in [-0.15, -0.1) is 0 Å². The summed E-state index contributed by atoms with van der Waals surface area (Å²) in [6.45, 7) is 4.20. The van der Waals surface area contributed by atoms with Gasteiger partial charge in [0, 0.05) is 19.5 Å². The highest BCUT2D eigenvalue weighted by Crippen LogP contribution is 2.18. The van der Waals surface area contributed by atoms with E-state index >= 15 is 0 Å². The molecule has 7 heteroatoms. The lowest BCUT2D eigenvalue weighted by atomic mass is 10.2. The number of rotatable bonds is 7. The van der Waals surface area contributed by atoms with Gasteiger partial charge in [-0.2, -0.15) is 4.31 Å². The second kappa shape index (κ2) is 6.81. The topological polar surface area (TPSA) is 87.2 Å². The van der Waals surface area contributed by atoms with Crippen LogP contribution in [0.15, 0.2) is 29.2 Å². The smallest absolute Gasteiger partial charge is 0.243 e. The van der Waals surface area contributed by atoms with Crippen LogP contribution >= 0.6 is 0 Å². The Balaban J connectivity index is 3.06. The summed E-state index contributed by atoms with van der Waals surface area (Å²) < 4.78 is 39.4. The van der Waals surface area contributed by atoms with Crippen molar-refractivity contribution < 1.29 is 12.8 Å². The molecule has 0 spiro atoms. The van der Waals surface area contributed by atoms with Gasteiger partial charge in [-0.25, -0.2) is 12.8 Å². The third-order valence-corrected chi connectivity index (χ3v) is 4.49. The summed E-state index contributed by atoms with van der Waals surface area (Å²) in [7, 11) is -3.77. The van der Waals surface area contributed by atoms with Gasteiger partial charge < -0.3 is 5.73 Å². The van der Waals surface area contributed by atoms with Crippen LogP contribution in [-0.2, 0) is 10.0 Å². The maximum Gasteiger partial charge on any atom is 0.243 e. The van der Waals surface area contributed by atoms with Crippen molar-refractivity contribution in [2.24, 2.45) is 11.7 Å². The van der Waals surface area contributed by atoms with Crippen LogP contribution in [0.25, 0.3) is 0 Å². The monoisotopic (exact) mass is 301 g/mol. The molecule has 0 fully saturated rings. The molecule has 0 aliphatic heterocycles. The Kier molecular flexibility index (Phi) is 5.64. The largest absolute Gasteiger partial charge is 0.388 e. The van der Waals surface area contributed by atoms with Gasteiger partial charge in [0.2, 0.25) is 10.0 Å². The van der Waals surface area contributed by atoms with Gasteiger partial charge in [-0.3, -0.25) is 5.41 Å². The molecule has 0 unspecified atom stereocenters. The fourth-order valence-electron chi connectivity index (χ4n) is 1.74. The molecule has 1 rings (SSSR count). The molecule has 0 radical (unpaired) electrons. The summed E-state index contributed by atoms with van der Waals surface area (Å²) in [5.74, 6) is -0.555. The lowest BCUT2D eigenvalue weighted by Crippen LogP contribution is -2.36. The van der Waals surface area contributed by atoms with Crippen molar-refractivity contribution in [1.29, 1.82) is 5.41 Å². The predicted octanol–water partition coefficient (Wildman–Crippen LogP) is 1.80. The van der Waals surface area contributed by atoms with Gasteiger partial charge in [0.05, 0.1) is 10.7 Å². The Morgan fingerprint density at radius 2 is 2.10 bits per heavy atom. The molecule has 0 bridgehead atoms. The van der Waals surface area contributed by atoms with E-state index in [0.717, 1.165) is 6.07 Å². The van der Waals surface area contributed by atoms with Crippen LogP contribution in [0.1, 0.15) is 20.3 Å². The van der Waals surface area contributed by atoms with E-state index < -0.39 is 15.8 Å². The van der Waals surface area contributed by atoms with E-state index in [0.29, 0.717) is 6.54 Å². The molecule has 0 aromatic heterocycles. The van der Waals surface area contributed by atoms with E-state index in [1.807, 2.05) is 13.8 Å². The minimum atomic E-state index is -3.77. The number of benzene rings is 1. The third-order valence-electron chi connectivity index (χ3n) is 2.63. The van der Waals surface area contributed by atoms with Crippen LogP contribution in [0.4, 0.5) is 4.39 Å². The van der Waals surface area contributed by atoms with Gasteiger partial charge in [0.25, 0.3) is 0 Å². The first-order chi connectivity index (χ1) is 9.23. The number of sulfonamides is 1. The predicted molar refractivity (Wildman–Crippen MR) is 76.5 cm³/mol. The summed E-state index contributed by atoms with van der Waals surface area (Å²) in [5, 5.41) is 7.21. The zero-order chi connectivity index (χ0) is 15.3. The number of nitrogens with one attached hydrogen (secondary N) is 1. The summed E-state index contributed by atoms with van der Waals surface area (Å²) in [5.41, 5.74) is 5.28. The summed E-state index contributed by atoms with van der Waals surface area (Å²) in [6, 6.07) is 4.91. The van der Waals surface area contributed by atoms with Crippen molar-refractivity contribution in [3.8, 4) is 0 Å². The Hall–Kier alpha value is -1.47. The lowest BCUT2D eigenvalue weighted by Gasteiger charge is -2.23. The first kappa shape index (κ1) is 16.6. The van der Waals surface area contributed by atoms with Gasteiger partial charge >= 0.3 is 0 Å². The SMILES string of the molecule is CC(C)CN(CCC(=N)N)S(=O)(=O)c1cccc(F)c1. The summed E-state index contributed by atoms with van der Waals surface area (Å²) >= 11 is 0. The molecule has 0 aliphatic carbocycles. The summed E-state index contributed by atoms with van der Waals surface area (Å²) in [4.78, 5) is -0.0818. The molecule has 5 nitrogen and oxygen atoms in total. The quantitative estimate of drug-likeness (QED) is 0.594. The van der Waals surface area contributed by atoms with Gasteiger partial charge in [0.1, 0.15) is 5.82 Å². The zero-order valence-corrected chi connectivity index (χ0v) is 12.5. The highest BCUT2D eigenvalue weighted by atomic mass is 32.2. The molecule has 0 amide bonds. The molecule has 0 saturated carbocycles. The first-order valence-corrected chi connectivity index (χ1v) is 7.76. The highest BCUT2D eigenvalue weighted by Gasteiger charge is 2.25. The number of nitrogens with two attached hydrogens (primary N) is 1. The van der Waals surface area contributed by atoms with Gasteiger partial charge in [-0.1, -0.05) is 19.9 Å². The van der Waals surface area contributed by atoms with E-state index in [4.69, 9.17) is 11.1 Å². The molecule has 0 saturated heterocycles. The van der Waals surface area contributed by atoms with Crippen molar-refractivity contribution in [3.63, 3.8) is 0 Å². The molecule has 20 heavy (non-hydrogen) atoms. The van der Waals surface area contributed by atoms with E-state index in [1.54, 1.807) is 0 Å². The highest BCUT2D eigenvalue weighted by molar-refractivity contribution is 7.89. The number of nitrogens with zero attached hydrogens (tertiary/aromatic N) is 1. The van der Waals surface area contributed by atoms with Crippen LogP contribution in [0.2, 0.25) is 0 Å². The normalized spacial score (nSPS) is 12.1. The number of hydrogen-bond donors (Lipinski definition) is 2. The third kappa shape index (κ3) is 4.57. The Morgan fingerprint density at radius 3 is 2.60 bits per heavy atom. The molecule has 3 N–H and O–H groups in total. The molecule has 0 aliphatic rings. The lowest BCUT2D eigenvalue weighted by molar-refractivity contribution is 0.374. The van der Waals surface area contributed by atoms with Crippen molar-refractivity contribution in [2.75, 3.05) is 13.1 Å². The van der Waals surface area contributed by atoms with Crippen LogP contribution in [0.5, 0.6) is 0 Å². The van der Waals surface area contributed by atoms with E-state index in [2.05, 4.69) is 0 Å². The number of hydrogen-bond acceptors (Lipinski definition) is 3. The maximum absolute atomic E-state index is 13.2. The molecule has 0 heterocycles. The molecular weight excluding hydrogens is 281 g/mol. The minimum Gasteiger partial charge on any atom is -0.388 e. The van der Waals surface area contributed by atoms with Crippen LogP contribution in [-0.4, -0.2) is 31.6 Å². The molecule has 0 atom stereocenters. The zero-order valence-electron chi connectivity index (χ0n) is 11.6. The maximum atomic E-state index is 13.2. The molecule has 112 valence electrons. The van der Waals surface area contributed by atoms with Crippen LogP contribution in [0, 0.1) is 17.1 Å². The summed E-state index contributed by atoms with van der Waals surface area (Å²) in [6.07, 6.45) is 0.154. The van der Waals surface area contributed by atoms with Crippen molar-refractivity contribution in [1.82, 2.24) is 4.31 Å². The van der Waals surface area contributed by atoms with E-state index in [-0.39, 0.29) is 29.6 Å². The second-order valence-corrected chi connectivity index (χ2v) is 6.93. The van der Waals surface area contributed by atoms with Crippen LogP contribution in [0.3, 0.4) is 0 Å². The van der Waals surface area contributed by atoms with E-state index in [9.17, 15) is 12.8 Å². The minimum absolute atomic E-state index is 0.0757. The fraction of sp³-hybridized carbons (Fsp3) is 0.462. The average Bonchev–Trinajstić information content (AvgIpc) is 2.33. The van der Waals surface area contributed by atoms with Crippen molar-refractivity contribution in [3.05, 3.63) is 30.1 Å². The van der Waals surface area contributed by atoms with Crippen molar-refractivity contribution >= 4 is 15.9 Å². The first-order valence-electron chi connectivity index (χ1n) is 6.32. The van der Waals surface area contributed by atoms with Crippen molar-refractivity contribution in [2.45, 2.75) is 25.2 Å². The standard InChI is InChI=1S/C13H20FN3O2S/c1-10(2)9-17(7-6-13(15)16)20(18,19)12-5-3-4-11(14)8-12/h3-5,8,10H,6-7,9H2,1-2H3,(H3,15,16). The van der Waals surface area contributed by atoms with Crippen LogP contribution < -0.4 is 5.73 Å². The Labute approximate surface area is 119 Å². The van der Waals surface area contributed by atoms with Gasteiger partial charge in [0.15, 0.2) is 0 Å². The molecule has 1 aromatic carbocycles. The number of amidine groups is 1. The van der Waals surface area contributed by atoms with E-state index in [1.165, 1.54) is 22.5 Å². The fourth-order valence-corrected chi connectivity index (χ4v) is 3.37. The second-order valence-electron chi connectivity index (χ2n) is 4.99.